The molecule has 0 spiro atoms. The summed E-state index contributed by atoms with van der Waals surface area (Å²) in [4.78, 5) is 26.9. The second kappa shape index (κ2) is 3.12. The molecule has 15 heavy (non-hydrogen) atoms. The van der Waals surface area contributed by atoms with Gasteiger partial charge >= 0.3 is 0 Å². The lowest BCUT2D eigenvalue weighted by Gasteiger charge is -1.97. The lowest BCUT2D eigenvalue weighted by Crippen LogP contribution is -2.08. The molecule has 0 saturated carbocycles. The van der Waals surface area contributed by atoms with Crippen LogP contribution in [0.4, 0.5) is 10.1 Å². The lowest BCUT2D eigenvalue weighted by molar-refractivity contribution is -0.383. The summed E-state index contributed by atoms with van der Waals surface area (Å²) in [6, 6.07) is 1.64. The topological polar surface area (TPSA) is 88.9 Å². The largest absolute Gasteiger partial charge is 0.313 e. The number of benzene rings is 1. The molecule has 1 heterocycles. The van der Waals surface area contributed by atoms with Crippen molar-refractivity contribution < 1.29 is 9.31 Å². The monoisotopic (exact) mass is 209 g/mol. The van der Waals surface area contributed by atoms with Crippen LogP contribution in [0.25, 0.3) is 10.9 Å². The lowest BCUT2D eigenvalue weighted by atomic mass is 10.2. The maximum absolute atomic E-state index is 13.0. The van der Waals surface area contributed by atoms with Crippen LogP contribution < -0.4 is 5.56 Å². The van der Waals surface area contributed by atoms with Gasteiger partial charge < -0.3 is 4.98 Å². The van der Waals surface area contributed by atoms with Gasteiger partial charge in [-0.15, -0.1) is 0 Å². The van der Waals surface area contributed by atoms with Gasteiger partial charge in [0.2, 0.25) is 0 Å². The van der Waals surface area contributed by atoms with Gasteiger partial charge in [-0.1, -0.05) is 0 Å². The Labute approximate surface area is 81.5 Å². The minimum Gasteiger partial charge on any atom is -0.313 e. The molecule has 76 valence electrons. The fourth-order valence-corrected chi connectivity index (χ4v) is 1.27. The number of halogens is 1. The van der Waals surface area contributed by atoms with Gasteiger partial charge in [-0.2, -0.15) is 0 Å². The summed E-state index contributed by atoms with van der Waals surface area (Å²) < 4.78 is 13.0. The molecule has 0 bridgehead atoms. The fourth-order valence-electron chi connectivity index (χ4n) is 1.27. The number of aromatic amines is 1. The Morgan fingerprint density at radius 2 is 2.20 bits per heavy atom. The third-order valence-electron chi connectivity index (χ3n) is 1.89. The van der Waals surface area contributed by atoms with Crippen LogP contribution in [0.5, 0.6) is 0 Å². The molecular weight excluding hydrogens is 205 g/mol. The zero-order valence-electron chi connectivity index (χ0n) is 7.23. The maximum Gasteiger partial charge on any atom is 0.298 e. The van der Waals surface area contributed by atoms with E-state index in [1.54, 1.807) is 0 Å². The SMILES string of the molecule is O=c1[nH]cnc2c([N+](=O)[O-])cc(F)cc12. The first-order chi connectivity index (χ1) is 7.09. The average Bonchev–Trinajstić information content (AvgIpc) is 2.18. The molecule has 7 heteroatoms. The molecule has 0 saturated heterocycles. The van der Waals surface area contributed by atoms with Gasteiger partial charge in [0.25, 0.3) is 11.2 Å². The van der Waals surface area contributed by atoms with Crippen LogP contribution in [0, 0.1) is 15.9 Å². The van der Waals surface area contributed by atoms with Gasteiger partial charge in [-0.05, 0) is 6.07 Å². The summed E-state index contributed by atoms with van der Waals surface area (Å²) in [7, 11) is 0. The molecule has 0 fully saturated rings. The van der Waals surface area contributed by atoms with E-state index in [4.69, 9.17) is 0 Å². The highest BCUT2D eigenvalue weighted by atomic mass is 19.1. The molecule has 2 aromatic rings. The zero-order valence-corrected chi connectivity index (χ0v) is 7.23. The number of fused-ring (bicyclic) bond motifs is 1. The van der Waals surface area contributed by atoms with Crippen LogP contribution in [0.1, 0.15) is 0 Å². The quantitative estimate of drug-likeness (QED) is 0.559. The number of H-pyrrole nitrogens is 1. The predicted octanol–water partition coefficient (Wildman–Crippen LogP) is 0.970. The Balaban J connectivity index is 2.99. The molecule has 1 N–H and O–H groups in total. The number of aromatic nitrogens is 2. The fraction of sp³-hybridized carbons (Fsp3) is 0. The third-order valence-corrected chi connectivity index (χ3v) is 1.89. The normalized spacial score (nSPS) is 10.5. The number of hydrogen-bond donors (Lipinski definition) is 1. The summed E-state index contributed by atoms with van der Waals surface area (Å²) >= 11 is 0. The molecule has 1 aromatic carbocycles. The van der Waals surface area contributed by atoms with E-state index in [1.165, 1.54) is 0 Å². The average molecular weight is 209 g/mol. The highest BCUT2D eigenvalue weighted by molar-refractivity contribution is 5.86. The van der Waals surface area contributed by atoms with Crippen molar-refractivity contribution in [3.8, 4) is 0 Å². The van der Waals surface area contributed by atoms with Gasteiger partial charge in [-0.25, -0.2) is 9.37 Å². The van der Waals surface area contributed by atoms with E-state index >= 15 is 0 Å². The minimum absolute atomic E-state index is 0.120. The van der Waals surface area contributed by atoms with Crippen molar-refractivity contribution in [2.75, 3.05) is 0 Å². The van der Waals surface area contributed by atoms with Crippen LogP contribution in [0.2, 0.25) is 0 Å². The van der Waals surface area contributed by atoms with E-state index in [1.807, 2.05) is 0 Å². The van der Waals surface area contributed by atoms with Crippen LogP contribution in [0.15, 0.2) is 23.3 Å². The first-order valence-corrected chi connectivity index (χ1v) is 3.91. The van der Waals surface area contributed by atoms with Gasteiger partial charge in [0.15, 0.2) is 5.52 Å². The maximum atomic E-state index is 13.0. The minimum atomic E-state index is -0.840. The van der Waals surface area contributed by atoms with Crippen molar-refractivity contribution in [1.82, 2.24) is 9.97 Å². The number of rotatable bonds is 1. The van der Waals surface area contributed by atoms with Gasteiger partial charge in [0, 0.05) is 0 Å². The van der Waals surface area contributed by atoms with Crippen molar-refractivity contribution in [3.63, 3.8) is 0 Å². The van der Waals surface area contributed by atoms with Crippen LogP contribution in [-0.2, 0) is 0 Å². The van der Waals surface area contributed by atoms with Crippen LogP contribution >= 0.6 is 0 Å². The van der Waals surface area contributed by atoms with Crippen molar-refractivity contribution in [2.24, 2.45) is 0 Å². The molecule has 1 aromatic heterocycles. The number of non-ortho nitro benzene ring substituents is 1. The Hall–Kier alpha value is -2.31. The molecule has 2 rings (SSSR count). The smallest absolute Gasteiger partial charge is 0.298 e. The zero-order chi connectivity index (χ0) is 11.0. The van der Waals surface area contributed by atoms with Crippen molar-refractivity contribution in [1.29, 1.82) is 0 Å². The predicted molar refractivity (Wildman–Crippen MR) is 49.0 cm³/mol. The first kappa shape index (κ1) is 9.25. The molecular formula is C8H4FN3O3. The van der Waals surface area contributed by atoms with E-state index in [0.29, 0.717) is 0 Å². The molecule has 0 amide bonds. The molecule has 0 unspecified atom stereocenters. The van der Waals surface area contributed by atoms with E-state index in [2.05, 4.69) is 9.97 Å². The van der Waals surface area contributed by atoms with E-state index in [0.717, 1.165) is 18.5 Å². The van der Waals surface area contributed by atoms with Crippen molar-refractivity contribution in [3.05, 3.63) is 44.7 Å². The molecule has 0 aliphatic carbocycles. The number of nitrogens with zero attached hydrogens (tertiary/aromatic N) is 2. The number of nitro groups is 1. The second-order valence-corrected chi connectivity index (χ2v) is 2.81. The van der Waals surface area contributed by atoms with Crippen LogP contribution in [0.3, 0.4) is 0 Å². The van der Waals surface area contributed by atoms with Crippen LogP contribution in [-0.4, -0.2) is 14.9 Å². The van der Waals surface area contributed by atoms with E-state index in [-0.39, 0.29) is 10.9 Å². The van der Waals surface area contributed by atoms with E-state index in [9.17, 15) is 19.3 Å². The first-order valence-electron chi connectivity index (χ1n) is 3.91. The number of hydrogen-bond acceptors (Lipinski definition) is 4. The summed E-state index contributed by atoms with van der Waals surface area (Å²) in [6.07, 6.45) is 1.04. The molecule has 0 aliphatic heterocycles. The number of nitrogens with one attached hydrogen (secondary N) is 1. The van der Waals surface area contributed by atoms with Gasteiger partial charge in [-0.3, -0.25) is 14.9 Å². The highest BCUT2D eigenvalue weighted by Crippen LogP contribution is 2.22. The van der Waals surface area contributed by atoms with Gasteiger partial charge in [0.05, 0.1) is 22.7 Å². The summed E-state index contributed by atoms with van der Waals surface area (Å²) in [5.74, 6) is -0.840. The second-order valence-electron chi connectivity index (χ2n) is 2.81. The van der Waals surface area contributed by atoms with Crippen molar-refractivity contribution in [2.45, 2.75) is 0 Å². The van der Waals surface area contributed by atoms with Gasteiger partial charge in [0.1, 0.15) is 5.82 Å². The molecule has 6 nitrogen and oxygen atoms in total. The summed E-state index contributed by atoms with van der Waals surface area (Å²) in [5.41, 5.74) is -1.25. The van der Waals surface area contributed by atoms with Crippen molar-refractivity contribution >= 4 is 16.6 Å². The third kappa shape index (κ3) is 1.43. The summed E-state index contributed by atoms with van der Waals surface area (Å²) in [5, 5.41) is 10.4. The Kier molecular flexibility index (Phi) is 1.93. The Morgan fingerprint density at radius 1 is 1.47 bits per heavy atom. The Morgan fingerprint density at radius 3 is 2.87 bits per heavy atom. The standard InChI is InChI=1S/C8H4FN3O3/c9-4-1-5-7(6(2-4)12(14)15)10-3-11-8(5)13/h1-3H,(H,10,11,13). The molecule has 0 aliphatic rings. The Bertz CT molecular complexity index is 608. The molecule has 0 radical (unpaired) electrons. The van der Waals surface area contributed by atoms with E-state index < -0.39 is 22.0 Å². The summed E-state index contributed by atoms with van der Waals surface area (Å²) in [6.45, 7) is 0. The highest BCUT2D eigenvalue weighted by Gasteiger charge is 2.16. The molecule has 0 atom stereocenters. The number of nitro benzene ring substituents is 1.